The van der Waals surface area contributed by atoms with Gasteiger partial charge in [-0.25, -0.2) is 9.37 Å². The Morgan fingerprint density at radius 1 is 1.17 bits per heavy atom. The van der Waals surface area contributed by atoms with Crippen molar-refractivity contribution >= 4 is 0 Å². The van der Waals surface area contributed by atoms with Crippen molar-refractivity contribution in [3.8, 4) is 11.4 Å². The molecule has 0 spiro atoms. The number of nitrogens with one attached hydrogen (secondary N) is 1. The van der Waals surface area contributed by atoms with Crippen molar-refractivity contribution in [2.24, 2.45) is 0 Å². The molecule has 0 saturated carbocycles. The van der Waals surface area contributed by atoms with Gasteiger partial charge in [0, 0.05) is 17.8 Å². The first kappa shape index (κ1) is 12.3. The number of hydrogen-bond acceptors (Lipinski definition) is 2. The molecule has 7 heteroatoms. The topological polar surface area (TPSA) is 45.8 Å². The molecule has 0 aliphatic carbocycles. The molecular weight excluding hydrogens is 252 g/mol. The Balaban J connectivity index is 2.68. The molecule has 1 heterocycles. The second-order valence-electron chi connectivity index (χ2n) is 3.47. The van der Waals surface area contributed by atoms with Crippen molar-refractivity contribution in [2.75, 3.05) is 0 Å². The van der Waals surface area contributed by atoms with Gasteiger partial charge in [-0.1, -0.05) is 0 Å². The molecule has 1 N–H and O–H groups in total. The summed E-state index contributed by atoms with van der Waals surface area (Å²) >= 11 is 0. The summed E-state index contributed by atoms with van der Waals surface area (Å²) < 4.78 is 51.1. The first-order valence-electron chi connectivity index (χ1n) is 4.80. The van der Waals surface area contributed by atoms with E-state index in [4.69, 9.17) is 0 Å². The minimum atomic E-state index is -4.73. The highest BCUT2D eigenvalue weighted by Gasteiger charge is 2.34. The summed E-state index contributed by atoms with van der Waals surface area (Å²) in [7, 11) is 0. The SMILES string of the molecule is O=c1ccnc(-c2ccc(F)cc2C(F)(F)F)[nH]1. The second kappa shape index (κ2) is 4.25. The highest BCUT2D eigenvalue weighted by atomic mass is 19.4. The standard InChI is InChI=1S/C11H6F4N2O/c12-6-1-2-7(8(5-6)11(13,14)15)10-16-4-3-9(18)17-10/h1-5H,(H,16,17,18). The van der Waals surface area contributed by atoms with Gasteiger partial charge < -0.3 is 4.98 Å². The molecule has 1 aromatic heterocycles. The normalized spacial score (nSPS) is 11.6. The Kier molecular flexibility index (Phi) is 2.90. The number of rotatable bonds is 1. The van der Waals surface area contributed by atoms with Crippen LogP contribution in [0.5, 0.6) is 0 Å². The number of H-pyrrole nitrogens is 1. The highest BCUT2D eigenvalue weighted by Crippen LogP contribution is 2.35. The van der Waals surface area contributed by atoms with Gasteiger partial charge in [0.25, 0.3) is 5.56 Å². The van der Waals surface area contributed by atoms with Gasteiger partial charge in [0.1, 0.15) is 11.6 Å². The number of nitrogens with zero attached hydrogens (tertiary/aromatic N) is 1. The zero-order valence-electron chi connectivity index (χ0n) is 8.75. The molecule has 18 heavy (non-hydrogen) atoms. The number of aromatic nitrogens is 2. The monoisotopic (exact) mass is 258 g/mol. The van der Waals surface area contributed by atoms with Crippen LogP contribution in [-0.2, 0) is 6.18 Å². The van der Waals surface area contributed by atoms with Gasteiger partial charge in [-0.2, -0.15) is 13.2 Å². The number of alkyl halides is 3. The van der Waals surface area contributed by atoms with Gasteiger partial charge in [-0.05, 0) is 18.2 Å². The zero-order valence-corrected chi connectivity index (χ0v) is 8.75. The molecular formula is C11H6F4N2O. The zero-order chi connectivity index (χ0) is 13.3. The summed E-state index contributed by atoms with van der Waals surface area (Å²) in [5.41, 5.74) is -2.14. The second-order valence-corrected chi connectivity index (χ2v) is 3.47. The van der Waals surface area contributed by atoms with Crippen molar-refractivity contribution in [3.05, 3.63) is 52.2 Å². The molecule has 0 atom stereocenters. The van der Waals surface area contributed by atoms with E-state index in [9.17, 15) is 22.4 Å². The Bertz CT molecular complexity index is 633. The quantitative estimate of drug-likeness (QED) is 0.799. The van der Waals surface area contributed by atoms with Crippen LogP contribution in [0, 0.1) is 5.82 Å². The lowest BCUT2D eigenvalue weighted by Crippen LogP contribution is -2.11. The number of hydrogen-bond donors (Lipinski definition) is 1. The summed E-state index contributed by atoms with van der Waals surface area (Å²) in [4.78, 5) is 16.8. The van der Waals surface area contributed by atoms with E-state index in [1.54, 1.807) is 0 Å². The molecule has 0 bridgehead atoms. The summed E-state index contributed by atoms with van der Waals surface area (Å²) in [6.45, 7) is 0. The maximum atomic E-state index is 12.9. The van der Waals surface area contributed by atoms with Crippen molar-refractivity contribution in [2.45, 2.75) is 6.18 Å². The van der Waals surface area contributed by atoms with E-state index in [1.165, 1.54) is 0 Å². The van der Waals surface area contributed by atoms with E-state index in [0.29, 0.717) is 6.07 Å². The third-order valence-corrected chi connectivity index (χ3v) is 2.21. The number of aromatic amines is 1. The largest absolute Gasteiger partial charge is 0.417 e. The van der Waals surface area contributed by atoms with E-state index in [1.807, 2.05) is 0 Å². The maximum absolute atomic E-state index is 12.9. The average molecular weight is 258 g/mol. The van der Waals surface area contributed by atoms with Crippen LogP contribution in [-0.4, -0.2) is 9.97 Å². The van der Waals surface area contributed by atoms with Crippen LogP contribution in [0.4, 0.5) is 17.6 Å². The molecule has 2 aromatic rings. The summed E-state index contributed by atoms with van der Waals surface area (Å²) in [5, 5.41) is 0. The van der Waals surface area contributed by atoms with E-state index in [0.717, 1.165) is 24.4 Å². The summed E-state index contributed by atoms with van der Waals surface area (Å²) in [6, 6.07) is 3.23. The Morgan fingerprint density at radius 3 is 2.50 bits per heavy atom. The maximum Gasteiger partial charge on any atom is 0.417 e. The van der Waals surface area contributed by atoms with Gasteiger partial charge in [0.15, 0.2) is 0 Å². The van der Waals surface area contributed by atoms with Crippen LogP contribution in [0.3, 0.4) is 0 Å². The molecule has 3 nitrogen and oxygen atoms in total. The van der Waals surface area contributed by atoms with Crippen LogP contribution in [0.15, 0.2) is 35.3 Å². The molecule has 0 unspecified atom stereocenters. The molecule has 0 amide bonds. The number of halogens is 4. The first-order chi connectivity index (χ1) is 8.38. The van der Waals surface area contributed by atoms with Gasteiger partial charge in [0.05, 0.1) is 5.56 Å². The fourth-order valence-electron chi connectivity index (χ4n) is 1.46. The predicted molar refractivity (Wildman–Crippen MR) is 55.3 cm³/mol. The summed E-state index contributed by atoms with van der Waals surface area (Å²) in [5.74, 6) is -1.26. The van der Waals surface area contributed by atoms with Crippen LogP contribution < -0.4 is 5.56 Å². The minimum absolute atomic E-state index is 0.255. The van der Waals surface area contributed by atoms with Crippen molar-refractivity contribution in [1.29, 1.82) is 0 Å². The fourth-order valence-corrected chi connectivity index (χ4v) is 1.46. The first-order valence-corrected chi connectivity index (χ1v) is 4.80. The Morgan fingerprint density at radius 2 is 1.89 bits per heavy atom. The van der Waals surface area contributed by atoms with Crippen molar-refractivity contribution in [1.82, 2.24) is 9.97 Å². The molecule has 94 valence electrons. The highest BCUT2D eigenvalue weighted by molar-refractivity contribution is 5.60. The lowest BCUT2D eigenvalue weighted by Gasteiger charge is -2.11. The lowest BCUT2D eigenvalue weighted by molar-refractivity contribution is -0.137. The van der Waals surface area contributed by atoms with Crippen molar-refractivity contribution < 1.29 is 17.6 Å². The predicted octanol–water partition coefficient (Wildman–Crippen LogP) is 2.59. The van der Waals surface area contributed by atoms with Crippen LogP contribution >= 0.6 is 0 Å². The Hall–Kier alpha value is -2.18. The molecule has 0 aliphatic heterocycles. The minimum Gasteiger partial charge on any atom is -0.307 e. The van der Waals surface area contributed by atoms with Gasteiger partial charge in [-0.3, -0.25) is 4.79 Å². The fraction of sp³-hybridized carbons (Fsp3) is 0.0909. The van der Waals surface area contributed by atoms with Gasteiger partial charge in [0.2, 0.25) is 0 Å². The Labute approximate surface area is 98.1 Å². The third kappa shape index (κ3) is 2.39. The molecule has 0 fully saturated rings. The van der Waals surface area contributed by atoms with E-state index in [2.05, 4.69) is 9.97 Å². The van der Waals surface area contributed by atoms with Gasteiger partial charge in [-0.15, -0.1) is 0 Å². The third-order valence-electron chi connectivity index (χ3n) is 2.21. The average Bonchev–Trinajstić information content (AvgIpc) is 2.27. The molecule has 0 radical (unpaired) electrons. The molecule has 1 aromatic carbocycles. The molecule has 0 aliphatic rings. The van der Waals surface area contributed by atoms with Crippen LogP contribution in [0.1, 0.15) is 5.56 Å². The molecule has 0 saturated heterocycles. The van der Waals surface area contributed by atoms with Crippen LogP contribution in [0.25, 0.3) is 11.4 Å². The van der Waals surface area contributed by atoms with E-state index >= 15 is 0 Å². The van der Waals surface area contributed by atoms with Gasteiger partial charge >= 0.3 is 6.18 Å². The summed E-state index contributed by atoms with van der Waals surface area (Å²) in [6.07, 6.45) is -3.65. The number of benzene rings is 1. The smallest absolute Gasteiger partial charge is 0.307 e. The lowest BCUT2D eigenvalue weighted by atomic mass is 10.1. The van der Waals surface area contributed by atoms with E-state index in [-0.39, 0.29) is 11.4 Å². The van der Waals surface area contributed by atoms with E-state index < -0.39 is 23.1 Å². The van der Waals surface area contributed by atoms with Crippen molar-refractivity contribution in [3.63, 3.8) is 0 Å². The molecule has 2 rings (SSSR count). The van der Waals surface area contributed by atoms with Crippen LogP contribution in [0.2, 0.25) is 0 Å².